The lowest BCUT2D eigenvalue weighted by molar-refractivity contribution is 0.0164. The fraction of sp³-hybridized carbons (Fsp3) is 0.667. The molecule has 29 heavy (non-hydrogen) atoms. The second-order valence-electron chi connectivity index (χ2n) is 9.68. The third-order valence-corrected chi connectivity index (χ3v) is 5.79. The number of likely N-dealkylation sites (tertiary alicyclic amines) is 1. The van der Waals surface area contributed by atoms with Crippen molar-refractivity contribution < 1.29 is 22.7 Å². The Morgan fingerprint density at radius 1 is 1.14 bits per heavy atom. The molecule has 1 amide bonds. The number of benzene rings is 1. The summed E-state index contributed by atoms with van der Waals surface area (Å²) >= 11 is 0. The number of sulfonamides is 1. The molecule has 0 spiro atoms. The standard InChI is InChI=1S/C21H34N2O5S/c1-20(2,3)16-7-8-17(18(13-16)29(22,25)26)27-14-15-9-11-23(12-10-15)19(24)28-21(4,5)6/h7-8,13,15H,9-12,14H2,1-6H3,(H2,22,25,26). The van der Waals surface area contributed by atoms with E-state index < -0.39 is 15.6 Å². The second-order valence-corrected chi connectivity index (χ2v) is 11.2. The molecule has 1 aliphatic heterocycles. The van der Waals surface area contributed by atoms with Crippen LogP contribution >= 0.6 is 0 Å². The van der Waals surface area contributed by atoms with E-state index >= 15 is 0 Å². The van der Waals surface area contributed by atoms with Crippen molar-refractivity contribution in [1.82, 2.24) is 4.90 Å². The van der Waals surface area contributed by atoms with Crippen molar-refractivity contribution in [3.05, 3.63) is 23.8 Å². The van der Waals surface area contributed by atoms with Crippen molar-refractivity contribution in [2.24, 2.45) is 11.1 Å². The first-order valence-corrected chi connectivity index (χ1v) is 11.5. The first-order chi connectivity index (χ1) is 13.2. The third-order valence-electron chi connectivity index (χ3n) is 4.86. The van der Waals surface area contributed by atoms with Crippen molar-refractivity contribution >= 4 is 16.1 Å². The van der Waals surface area contributed by atoms with Crippen LogP contribution in [0.5, 0.6) is 5.75 Å². The van der Waals surface area contributed by atoms with E-state index in [0.29, 0.717) is 19.7 Å². The molecule has 7 nitrogen and oxygen atoms in total. The number of carbonyl (C=O) groups is 1. The Balaban J connectivity index is 2.00. The van der Waals surface area contributed by atoms with E-state index in [1.807, 2.05) is 47.6 Å². The maximum atomic E-state index is 12.2. The summed E-state index contributed by atoms with van der Waals surface area (Å²) in [5.41, 5.74) is 0.159. The van der Waals surface area contributed by atoms with Crippen LogP contribution in [0.15, 0.2) is 23.1 Å². The number of carbonyl (C=O) groups excluding carboxylic acids is 1. The zero-order chi connectivity index (χ0) is 22.0. The molecule has 8 heteroatoms. The topological polar surface area (TPSA) is 98.9 Å². The van der Waals surface area contributed by atoms with Crippen molar-refractivity contribution in [2.75, 3.05) is 19.7 Å². The first-order valence-electron chi connectivity index (χ1n) is 9.95. The molecule has 1 saturated heterocycles. The summed E-state index contributed by atoms with van der Waals surface area (Å²) in [4.78, 5) is 13.9. The Kier molecular flexibility index (Phi) is 6.89. The van der Waals surface area contributed by atoms with Gasteiger partial charge in [0.25, 0.3) is 0 Å². The van der Waals surface area contributed by atoms with E-state index in [4.69, 9.17) is 14.6 Å². The van der Waals surface area contributed by atoms with Gasteiger partial charge in [-0.1, -0.05) is 26.8 Å². The van der Waals surface area contributed by atoms with Crippen LogP contribution in [0.4, 0.5) is 4.79 Å². The van der Waals surface area contributed by atoms with Crippen LogP contribution < -0.4 is 9.88 Å². The summed E-state index contributed by atoms with van der Waals surface area (Å²) in [6.07, 6.45) is 1.24. The molecule has 0 atom stereocenters. The fourth-order valence-corrected chi connectivity index (χ4v) is 3.83. The Hall–Kier alpha value is -1.80. The SMILES string of the molecule is CC(C)(C)OC(=O)N1CCC(COc2ccc(C(C)(C)C)cc2S(N)(=O)=O)CC1. The van der Waals surface area contributed by atoms with Crippen LogP contribution in [0.1, 0.15) is 59.9 Å². The Labute approximate surface area is 174 Å². The van der Waals surface area contributed by atoms with E-state index in [-0.39, 0.29) is 28.1 Å². The maximum Gasteiger partial charge on any atom is 0.410 e. The van der Waals surface area contributed by atoms with Crippen LogP contribution in [-0.2, 0) is 20.2 Å². The van der Waals surface area contributed by atoms with E-state index in [0.717, 1.165) is 18.4 Å². The average molecular weight is 427 g/mol. The van der Waals surface area contributed by atoms with Crippen LogP contribution in [0, 0.1) is 5.92 Å². The van der Waals surface area contributed by atoms with Gasteiger partial charge in [0.2, 0.25) is 10.0 Å². The molecule has 0 bridgehead atoms. The fourth-order valence-electron chi connectivity index (χ4n) is 3.13. The molecular formula is C21H34N2O5S. The molecular weight excluding hydrogens is 392 g/mol. The van der Waals surface area contributed by atoms with Gasteiger partial charge < -0.3 is 14.4 Å². The smallest absolute Gasteiger partial charge is 0.410 e. The number of rotatable bonds is 4. The molecule has 0 unspecified atom stereocenters. The van der Waals surface area contributed by atoms with Crippen LogP contribution in [-0.4, -0.2) is 44.7 Å². The van der Waals surface area contributed by atoms with Gasteiger partial charge in [0, 0.05) is 13.1 Å². The largest absolute Gasteiger partial charge is 0.492 e. The average Bonchev–Trinajstić information content (AvgIpc) is 2.57. The van der Waals surface area contributed by atoms with Gasteiger partial charge >= 0.3 is 6.09 Å². The summed E-state index contributed by atoms with van der Waals surface area (Å²) in [6, 6.07) is 5.14. The number of hydrogen-bond donors (Lipinski definition) is 1. The molecule has 0 aromatic heterocycles. The summed E-state index contributed by atoms with van der Waals surface area (Å²) in [5, 5.41) is 5.41. The van der Waals surface area contributed by atoms with Crippen LogP contribution in [0.2, 0.25) is 0 Å². The number of nitrogens with zero attached hydrogens (tertiary/aromatic N) is 1. The maximum absolute atomic E-state index is 12.2. The molecule has 2 N–H and O–H groups in total. The lowest BCUT2D eigenvalue weighted by Crippen LogP contribution is -2.42. The lowest BCUT2D eigenvalue weighted by atomic mass is 9.87. The van der Waals surface area contributed by atoms with E-state index in [1.165, 1.54) is 0 Å². The van der Waals surface area contributed by atoms with Gasteiger partial charge in [-0.05, 0) is 62.6 Å². The van der Waals surface area contributed by atoms with E-state index in [1.54, 1.807) is 17.0 Å². The highest BCUT2D eigenvalue weighted by Gasteiger charge is 2.28. The minimum absolute atomic E-state index is 0.0103. The van der Waals surface area contributed by atoms with Crippen molar-refractivity contribution in [1.29, 1.82) is 0 Å². The Bertz CT molecular complexity index is 830. The molecule has 1 aromatic rings. The van der Waals surface area contributed by atoms with Gasteiger partial charge in [0.15, 0.2) is 0 Å². The summed E-state index contributed by atoms with van der Waals surface area (Å²) in [7, 11) is -3.90. The molecule has 1 fully saturated rings. The molecule has 1 heterocycles. The molecule has 1 aliphatic rings. The number of nitrogens with two attached hydrogens (primary N) is 1. The predicted molar refractivity (Wildman–Crippen MR) is 113 cm³/mol. The van der Waals surface area contributed by atoms with Crippen molar-refractivity contribution in [2.45, 2.75) is 70.3 Å². The van der Waals surface area contributed by atoms with Gasteiger partial charge in [0.05, 0.1) is 6.61 Å². The highest BCUT2D eigenvalue weighted by Crippen LogP contribution is 2.31. The summed E-state index contributed by atoms with van der Waals surface area (Å²) < 4.78 is 35.4. The molecule has 2 rings (SSSR count). The number of amides is 1. The zero-order valence-electron chi connectivity index (χ0n) is 18.3. The predicted octanol–water partition coefficient (Wildman–Crippen LogP) is 3.66. The quantitative estimate of drug-likeness (QED) is 0.792. The summed E-state index contributed by atoms with van der Waals surface area (Å²) in [6.45, 7) is 13.1. The second kappa shape index (κ2) is 8.52. The minimum atomic E-state index is -3.90. The minimum Gasteiger partial charge on any atom is -0.492 e. The highest BCUT2D eigenvalue weighted by atomic mass is 32.2. The molecule has 0 saturated carbocycles. The molecule has 0 aliphatic carbocycles. The number of piperidine rings is 1. The molecule has 164 valence electrons. The Morgan fingerprint density at radius 2 is 1.72 bits per heavy atom. The van der Waals surface area contributed by atoms with Crippen LogP contribution in [0.3, 0.4) is 0 Å². The summed E-state index contributed by atoms with van der Waals surface area (Å²) in [5.74, 6) is 0.499. The third kappa shape index (κ3) is 6.89. The number of ether oxygens (including phenoxy) is 2. The van der Waals surface area contributed by atoms with Gasteiger partial charge in [-0.25, -0.2) is 18.4 Å². The lowest BCUT2D eigenvalue weighted by Gasteiger charge is -2.33. The van der Waals surface area contributed by atoms with Crippen molar-refractivity contribution in [3.63, 3.8) is 0 Å². The van der Waals surface area contributed by atoms with Gasteiger partial charge in [-0.15, -0.1) is 0 Å². The molecule has 0 radical (unpaired) electrons. The normalized spacial score (nSPS) is 16.6. The first kappa shape index (κ1) is 23.5. The van der Waals surface area contributed by atoms with Gasteiger partial charge in [-0.3, -0.25) is 0 Å². The van der Waals surface area contributed by atoms with E-state index in [9.17, 15) is 13.2 Å². The zero-order valence-corrected chi connectivity index (χ0v) is 19.1. The Morgan fingerprint density at radius 3 is 2.21 bits per heavy atom. The van der Waals surface area contributed by atoms with E-state index in [2.05, 4.69) is 0 Å². The van der Waals surface area contributed by atoms with Gasteiger partial charge in [0.1, 0.15) is 16.2 Å². The highest BCUT2D eigenvalue weighted by molar-refractivity contribution is 7.89. The van der Waals surface area contributed by atoms with Crippen LogP contribution in [0.25, 0.3) is 0 Å². The monoisotopic (exact) mass is 426 g/mol. The number of hydrogen-bond acceptors (Lipinski definition) is 5. The van der Waals surface area contributed by atoms with Crippen molar-refractivity contribution in [3.8, 4) is 5.75 Å². The number of primary sulfonamides is 1. The van der Waals surface area contributed by atoms with Gasteiger partial charge in [-0.2, -0.15) is 0 Å². The molecule has 1 aromatic carbocycles.